The van der Waals surface area contributed by atoms with Crippen LogP contribution in [0.2, 0.25) is 0 Å². The van der Waals surface area contributed by atoms with E-state index in [2.05, 4.69) is 40.0 Å². The highest BCUT2D eigenvalue weighted by Gasteiger charge is 2.33. The summed E-state index contributed by atoms with van der Waals surface area (Å²) in [6.45, 7) is 10.0. The smallest absolute Gasteiger partial charge is 0.138 e. The van der Waals surface area contributed by atoms with Gasteiger partial charge in [-0.2, -0.15) is 0 Å². The van der Waals surface area contributed by atoms with Gasteiger partial charge in [0.1, 0.15) is 23.9 Å². The number of benzene rings is 2. The van der Waals surface area contributed by atoms with E-state index in [0.717, 1.165) is 42.3 Å². The fourth-order valence-corrected chi connectivity index (χ4v) is 5.39. The maximum atomic E-state index is 11.2. The Bertz CT molecular complexity index is 1220. The van der Waals surface area contributed by atoms with Gasteiger partial charge < -0.3 is 25.2 Å². The summed E-state index contributed by atoms with van der Waals surface area (Å²) >= 11 is 0. The molecule has 0 aliphatic carbocycles. The molecular formula is C32H42N4O3. The summed E-state index contributed by atoms with van der Waals surface area (Å²) in [5, 5.41) is 25.2. The molecule has 39 heavy (non-hydrogen) atoms. The molecule has 0 amide bonds. The molecule has 2 aromatic carbocycles. The number of phenolic OH excluding ortho intramolecular Hbond substituents is 1. The van der Waals surface area contributed by atoms with E-state index in [1.54, 1.807) is 6.20 Å². The summed E-state index contributed by atoms with van der Waals surface area (Å²) in [4.78, 5) is 9.19. The fourth-order valence-electron chi connectivity index (χ4n) is 5.39. The molecule has 3 heterocycles. The molecule has 3 N–H and O–H groups in total. The highest BCUT2D eigenvalue weighted by Crippen LogP contribution is 2.32. The van der Waals surface area contributed by atoms with E-state index in [-0.39, 0.29) is 5.75 Å². The van der Waals surface area contributed by atoms with Gasteiger partial charge in [-0.15, -0.1) is 0 Å². The molecule has 1 aromatic heterocycles. The van der Waals surface area contributed by atoms with E-state index in [0.29, 0.717) is 50.2 Å². The highest BCUT2D eigenvalue weighted by atomic mass is 16.5. The lowest BCUT2D eigenvalue weighted by atomic mass is 9.82. The average Bonchev–Trinajstić information content (AvgIpc) is 2.94. The van der Waals surface area contributed by atoms with Gasteiger partial charge in [0.05, 0.1) is 11.3 Å². The van der Waals surface area contributed by atoms with Crippen LogP contribution in [-0.2, 0) is 13.2 Å². The van der Waals surface area contributed by atoms with Crippen LogP contribution in [0.3, 0.4) is 0 Å². The molecular weight excluding hydrogens is 488 g/mol. The van der Waals surface area contributed by atoms with E-state index in [9.17, 15) is 10.2 Å². The lowest BCUT2D eigenvalue weighted by Gasteiger charge is -2.39. The third-order valence-corrected chi connectivity index (χ3v) is 8.27. The number of aliphatic hydroxyl groups is 1. The number of hydrogen-bond acceptors (Lipinski definition) is 7. The number of piperidine rings is 2. The Morgan fingerprint density at radius 1 is 0.897 bits per heavy atom. The van der Waals surface area contributed by atoms with Gasteiger partial charge >= 0.3 is 0 Å². The number of nitrogens with zero attached hydrogens (tertiary/aromatic N) is 3. The van der Waals surface area contributed by atoms with Crippen molar-refractivity contribution < 1.29 is 14.9 Å². The monoisotopic (exact) mass is 530 g/mol. The van der Waals surface area contributed by atoms with Crippen molar-refractivity contribution in [2.24, 2.45) is 5.41 Å². The quantitative estimate of drug-likeness (QED) is 0.318. The number of nitrogens with one attached hydrogen (secondary N) is 1. The Morgan fingerprint density at radius 3 is 2.36 bits per heavy atom. The van der Waals surface area contributed by atoms with Gasteiger partial charge in [-0.25, -0.2) is 4.98 Å². The van der Waals surface area contributed by atoms with Crippen LogP contribution in [0.25, 0.3) is 0 Å². The Morgan fingerprint density at radius 2 is 1.64 bits per heavy atom. The second-order valence-corrected chi connectivity index (χ2v) is 12.0. The van der Waals surface area contributed by atoms with Gasteiger partial charge in [0.25, 0.3) is 0 Å². The number of phenols is 1. The van der Waals surface area contributed by atoms with Crippen LogP contribution >= 0.6 is 0 Å². The minimum Gasteiger partial charge on any atom is -0.506 e. The standard InChI is InChI=1S/C32H42N4O3/c1-31(2)11-16-35(17-12-31)22-26-8-9-28(29(37)20-26)34-24-32(38)13-18-36(19-14-32)30-21-27(10-15-33-30)39-23-25-6-4-3-5-7-25/h3-10,15,20-21,34,37-38H,11-14,16-19,22-24H2,1-2H3. The Kier molecular flexibility index (Phi) is 8.29. The fraction of sp³-hybridized carbons (Fsp3) is 0.469. The van der Waals surface area contributed by atoms with Gasteiger partial charge in [0.15, 0.2) is 0 Å². The number of rotatable bonds is 9. The first-order valence-electron chi connectivity index (χ1n) is 14.2. The molecule has 5 rings (SSSR count). The summed E-state index contributed by atoms with van der Waals surface area (Å²) < 4.78 is 5.97. The average molecular weight is 531 g/mol. The number of pyridine rings is 1. The molecule has 0 atom stereocenters. The number of ether oxygens (including phenoxy) is 1. The topological polar surface area (TPSA) is 81.1 Å². The summed E-state index contributed by atoms with van der Waals surface area (Å²) in [6, 6.07) is 19.8. The normalized spacial score (nSPS) is 19.0. The van der Waals surface area contributed by atoms with E-state index in [1.165, 1.54) is 12.8 Å². The van der Waals surface area contributed by atoms with Gasteiger partial charge in [0, 0.05) is 38.4 Å². The highest BCUT2D eigenvalue weighted by molar-refractivity contribution is 5.57. The molecule has 2 aliphatic heterocycles. The zero-order chi connectivity index (χ0) is 27.3. The van der Waals surface area contributed by atoms with Crippen LogP contribution in [0.5, 0.6) is 11.5 Å². The largest absolute Gasteiger partial charge is 0.506 e. The zero-order valence-electron chi connectivity index (χ0n) is 23.3. The zero-order valence-corrected chi connectivity index (χ0v) is 23.3. The molecule has 0 saturated carbocycles. The predicted octanol–water partition coefficient (Wildman–Crippen LogP) is 5.43. The van der Waals surface area contributed by atoms with Crippen LogP contribution in [0.4, 0.5) is 11.5 Å². The lowest BCUT2D eigenvalue weighted by molar-refractivity contribution is 0.0289. The van der Waals surface area contributed by atoms with Gasteiger partial charge in [-0.1, -0.05) is 50.2 Å². The maximum Gasteiger partial charge on any atom is 0.138 e. The summed E-state index contributed by atoms with van der Waals surface area (Å²) in [5.41, 5.74) is 2.49. The third kappa shape index (κ3) is 7.43. The predicted molar refractivity (Wildman–Crippen MR) is 156 cm³/mol. The number of aromatic nitrogens is 1. The maximum absolute atomic E-state index is 11.2. The van der Waals surface area contributed by atoms with Crippen molar-refractivity contribution in [3.8, 4) is 11.5 Å². The van der Waals surface area contributed by atoms with Gasteiger partial charge in [-0.3, -0.25) is 4.90 Å². The number of hydrogen-bond donors (Lipinski definition) is 3. The first-order valence-corrected chi connectivity index (χ1v) is 14.2. The van der Waals surface area contributed by atoms with E-state index in [1.807, 2.05) is 54.6 Å². The van der Waals surface area contributed by atoms with E-state index < -0.39 is 5.60 Å². The van der Waals surface area contributed by atoms with Crippen molar-refractivity contribution in [2.75, 3.05) is 42.9 Å². The first-order chi connectivity index (χ1) is 18.8. The van der Waals surface area contributed by atoms with E-state index >= 15 is 0 Å². The van der Waals surface area contributed by atoms with Crippen LogP contribution in [0.15, 0.2) is 66.9 Å². The number of aromatic hydroxyl groups is 1. The van der Waals surface area contributed by atoms with Crippen LogP contribution < -0.4 is 15.0 Å². The van der Waals surface area contributed by atoms with Gasteiger partial charge in [0.2, 0.25) is 0 Å². The molecule has 7 nitrogen and oxygen atoms in total. The van der Waals surface area contributed by atoms with Crippen molar-refractivity contribution >= 4 is 11.5 Å². The minimum atomic E-state index is -0.844. The van der Waals surface area contributed by atoms with Crippen LogP contribution in [0, 0.1) is 5.41 Å². The molecule has 2 saturated heterocycles. The van der Waals surface area contributed by atoms with Gasteiger partial charge in [-0.05, 0) is 73.5 Å². The summed E-state index contributed by atoms with van der Waals surface area (Å²) in [6.07, 6.45) is 5.41. The second-order valence-electron chi connectivity index (χ2n) is 12.0. The number of anilines is 2. The van der Waals surface area contributed by atoms with Crippen molar-refractivity contribution in [3.05, 3.63) is 78.0 Å². The third-order valence-electron chi connectivity index (χ3n) is 8.27. The molecule has 0 radical (unpaired) electrons. The molecule has 0 spiro atoms. The molecule has 2 fully saturated rings. The Labute approximate surface area is 232 Å². The van der Waals surface area contributed by atoms with E-state index in [4.69, 9.17) is 4.74 Å². The van der Waals surface area contributed by atoms with Crippen molar-refractivity contribution in [3.63, 3.8) is 0 Å². The van der Waals surface area contributed by atoms with Crippen molar-refractivity contribution in [1.29, 1.82) is 0 Å². The van der Waals surface area contributed by atoms with Crippen molar-refractivity contribution in [1.82, 2.24) is 9.88 Å². The van der Waals surface area contributed by atoms with Crippen LogP contribution in [0.1, 0.15) is 50.7 Å². The second kappa shape index (κ2) is 11.8. The molecule has 0 unspecified atom stereocenters. The Balaban J connectivity index is 1.10. The van der Waals surface area contributed by atoms with Crippen LogP contribution in [-0.4, -0.2) is 58.4 Å². The lowest BCUT2D eigenvalue weighted by Crippen LogP contribution is -2.48. The Hall–Kier alpha value is -3.29. The SMILES string of the molecule is CC1(C)CCN(Cc2ccc(NCC3(O)CCN(c4cc(OCc5ccccc5)ccn4)CC3)c(O)c2)CC1. The molecule has 3 aromatic rings. The first kappa shape index (κ1) is 27.3. The summed E-state index contributed by atoms with van der Waals surface area (Å²) in [5.74, 6) is 1.89. The minimum absolute atomic E-state index is 0.238. The number of likely N-dealkylation sites (tertiary alicyclic amines) is 1. The van der Waals surface area contributed by atoms with Crippen molar-refractivity contribution in [2.45, 2.75) is 58.3 Å². The molecule has 2 aliphatic rings. The summed E-state index contributed by atoms with van der Waals surface area (Å²) in [7, 11) is 0. The molecule has 7 heteroatoms. The molecule has 208 valence electrons. The molecule has 0 bridgehead atoms.